The second-order valence-electron chi connectivity index (χ2n) is 23.9. The van der Waals surface area contributed by atoms with Crippen LogP contribution in [0.25, 0.3) is 10.9 Å². The number of terminal acetylenes is 1. The Morgan fingerprint density at radius 3 is 2.08 bits per heavy atom. The number of rotatable bonds is 37. The molecule has 0 aliphatic carbocycles. The molecular weight excluding hydrogens is 1210 g/mol. The molecule has 0 radical (unpaired) electrons. The number of aliphatic carboxylic acids is 1. The maximum absolute atomic E-state index is 14.0. The van der Waals surface area contributed by atoms with E-state index in [4.69, 9.17) is 25.4 Å². The molecule has 6 rings (SSSR count). The number of carboxylic acid groups (broad SMARTS) is 1. The fourth-order valence-electron chi connectivity index (χ4n) is 11.5. The van der Waals surface area contributed by atoms with E-state index in [1.807, 2.05) is 38.7 Å². The van der Waals surface area contributed by atoms with Crippen molar-refractivity contribution in [3.8, 4) is 18.1 Å². The zero-order chi connectivity index (χ0) is 66.8. The number of piperidine rings is 1. The second kappa shape index (κ2) is 40.3. The summed E-state index contributed by atoms with van der Waals surface area (Å²) in [5.41, 5.74) is 3.13. The molecule has 3 saturated heterocycles. The maximum atomic E-state index is 14.0. The van der Waals surface area contributed by atoms with Gasteiger partial charge in [-0.05, 0) is 100 Å². The SMILES string of the molecule is C#C[C@H]1CC(F)(F)CN1C(=O)CNC(=O)c1ccnc2ccc(OCCCCC3CCN(C(=O)CCCCCNC(=O)[C@H](CCOCCNC(=O)CCCc4ccc(C)cc4)NC(=O)CN4CCN(COC=O)CCN(COC=O)CCN(CC(=O)O)CC4)CC3)cc12. The molecule has 27 heteroatoms. The molecule has 6 amide bonds. The second-order valence-corrected chi connectivity index (χ2v) is 23.9. The summed E-state index contributed by atoms with van der Waals surface area (Å²) < 4.78 is 49.9. The van der Waals surface area contributed by atoms with Crippen molar-refractivity contribution in [2.75, 3.05) is 138 Å². The summed E-state index contributed by atoms with van der Waals surface area (Å²) in [4.78, 5) is 128. The number of carbonyl (C=O) groups excluding carboxylic acids is 8. The highest BCUT2D eigenvalue weighted by Crippen LogP contribution is 2.32. The van der Waals surface area contributed by atoms with Crippen LogP contribution < -0.4 is 26.0 Å². The third-order valence-electron chi connectivity index (χ3n) is 16.8. The van der Waals surface area contributed by atoms with Gasteiger partial charge >= 0.3 is 5.97 Å². The standard InChI is InChI=1S/C66H93F2N11O14/c1-3-53-41-66(67,68)45-79(53)62(85)42-72-64(88)55-20-25-69-57-19-18-54(40-56(55)57)93-37-8-6-10-52-21-27-78(28-22-52)61(84)13-5-4-7-24-71-65(89)58(23-38-90-39-26-70-59(82)12-9-11-51-16-14-50(2)15-17-51)73-60(83)43-74-29-30-75(44-63(86)87)32-34-77(47-92-49-81)36-35-76(33-31-74)46-91-48-80/h1,14-20,25,40,48-49,52-53,58H,4-13,21-24,26-39,41-47H2,2H3,(H,70,82)(H,71,89)(H,72,88)(H,73,83)(H,86,87)/t53-,58-/m0/s1. The van der Waals surface area contributed by atoms with E-state index in [9.17, 15) is 57.0 Å². The topological polar surface area (TPSA) is 291 Å². The van der Waals surface area contributed by atoms with Crippen molar-refractivity contribution in [3.63, 3.8) is 0 Å². The van der Waals surface area contributed by atoms with Gasteiger partial charge in [-0.15, -0.1) is 6.42 Å². The summed E-state index contributed by atoms with van der Waals surface area (Å²) in [5.74, 6) is -2.98. The molecule has 1 aromatic heterocycles. The lowest BCUT2D eigenvalue weighted by atomic mass is 9.91. The number of carboxylic acids is 1. The van der Waals surface area contributed by atoms with Gasteiger partial charge < -0.3 is 55.1 Å². The average Bonchev–Trinajstić information content (AvgIpc) is 1.88. The lowest BCUT2D eigenvalue weighted by Gasteiger charge is -2.33. The monoisotopic (exact) mass is 1300 g/mol. The van der Waals surface area contributed by atoms with Crippen molar-refractivity contribution in [1.29, 1.82) is 0 Å². The van der Waals surface area contributed by atoms with E-state index in [1.165, 1.54) is 23.4 Å². The van der Waals surface area contributed by atoms with Gasteiger partial charge in [0.1, 0.15) is 25.3 Å². The highest BCUT2D eigenvalue weighted by molar-refractivity contribution is 6.07. The van der Waals surface area contributed by atoms with Gasteiger partial charge in [0.05, 0.1) is 56.5 Å². The predicted octanol–water partition coefficient (Wildman–Crippen LogP) is 3.20. The molecule has 4 heterocycles. The van der Waals surface area contributed by atoms with E-state index in [2.05, 4.69) is 44.3 Å². The largest absolute Gasteiger partial charge is 0.494 e. The quantitative estimate of drug-likeness (QED) is 0.0315. The van der Waals surface area contributed by atoms with Gasteiger partial charge in [-0.3, -0.25) is 67.7 Å². The number of amides is 6. The summed E-state index contributed by atoms with van der Waals surface area (Å²) in [6.45, 7) is 6.44. The Hall–Kier alpha value is -7.90. The van der Waals surface area contributed by atoms with Gasteiger partial charge in [0.15, 0.2) is 0 Å². The number of nitrogens with one attached hydrogen (secondary N) is 4. The van der Waals surface area contributed by atoms with Crippen molar-refractivity contribution in [2.45, 2.75) is 115 Å². The van der Waals surface area contributed by atoms with E-state index in [-0.39, 0.29) is 83.2 Å². The molecular formula is C66H93F2N11O14. The van der Waals surface area contributed by atoms with Crippen LogP contribution in [0.5, 0.6) is 5.75 Å². The van der Waals surface area contributed by atoms with Gasteiger partial charge in [0, 0.05) is 116 Å². The van der Waals surface area contributed by atoms with Crippen molar-refractivity contribution in [2.24, 2.45) is 5.92 Å². The Bertz CT molecular complexity index is 2930. The number of likely N-dealkylation sites (tertiary alicyclic amines) is 2. The molecule has 2 aromatic carbocycles. The van der Waals surface area contributed by atoms with E-state index in [0.29, 0.717) is 140 Å². The third-order valence-corrected chi connectivity index (χ3v) is 16.8. The molecule has 93 heavy (non-hydrogen) atoms. The van der Waals surface area contributed by atoms with Gasteiger partial charge in [0.25, 0.3) is 24.8 Å². The van der Waals surface area contributed by atoms with Crippen molar-refractivity contribution in [1.82, 2.24) is 55.7 Å². The lowest BCUT2D eigenvalue weighted by Crippen LogP contribution is -2.52. The number of hydrogen-bond acceptors (Lipinski definition) is 18. The normalized spacial score (nSPS) is 17.4. The van der Waals surface area contributed by atoms with Crippen LogP contribution in [0.4, 0.5) is 8.78 Å². The summed E-state index contributed by atoms with van der Waals surface area (Å²) in [6, 6.07) is 12.9. The van der Waals surface area contributed by atoms with Crippen LogP contribution in [0.15, 0.2) is 54.7 Å². The van der Waals surface area contributed by atoms with Crippen LogP contribution in [0.1, 0.15) is 105 Å². The summed E-state index contributed by atoms with van der Waals surface area (Å²) in [5, 5.41) is 21.5. The summed E-state index contributed by atoms with van der Waals surface area (Å²) in [7, 11) is 0. The first-order valence-electron chi connectivity index (χ1n) is 32.3. The molecule has 0 bridgehead atoms. The van der Waals surface area contributed by atoms with Gasteiger partial charge in [0.2, 0.25) is 29.5 Å². The zero-order valence-corrected chi connectivity index (χ0v) is 53.5. The van der Waals surface area contributed by atoms with Crippen molar-refractivity contribution < 1.29 is 76.0 Å². The van der Waals surface area contributed by atoms with Crippen molar-refractivity contribution in [3.05, 3.63) is 71.4 Å². The summed E-state index contributed by atoms with van der Waals surface area (Å²) in [6.07, 6.45) is 15.0. The minimum Gasteiger partial charge on any atom is -0.494 e. The Kier molecular flexibility index (Phi) is 32.1. The Labute approximate surface area is 543 Å². The number of nitrogens with zero attached hydrogens (tertiary/aromatic N) is 7. The smallest absolute Gasteiger partial charge is 0.317 e. The number of alkyl halides is 2. The molecule has 0 unspecified atom stereocenters. The minimum absolute atomic E-state index is 0.00719. The Morgan fingerprint density at radius 2 is 1.41 bits per heavy atom. The first kappa shape index (κ1) is 74.1. The molecule has 3 aliphatic heterocycles. The number of aromatic nitrogens is 1. The number of fused-ring (bicyclic) bond motifs is 1. The highest BCUT2D eigenvalue weighted by atomic mass is 19.3. The number of pyridine rings is 1. The number of ether oxygens (including phenoxy) is 4. The first-order valence-corrected chi connectivity index (χ1v) is 32.3. The molecule has 5 N–H and O–H groups in total. The van der Waals surface area contributed by atoms with Crippen LogP contribution in [0.2, 0.25) is 0 Å². The minimum atomic E-state index is -3.09. The Morgan fingerprint density at radius 1 is 0.731 bits per heavy atom. The number of hydrogen-bond donors (Lipinski definition) is 5. The summed E-state index contributed by atoms with van der Waals surface area (Å²) >= 11 is 0. The van der Waals surface area contributed by atoms with Gasteiger partial charge in [-0.1, -0.05) is 48.6 Å². The molecule has 2 atom stereocenters. The molecule has 25 nitrogen and oxygen atoms in total. The number of halogens is 2. The molecule has 3 aliphatic rings. The number of carbonyl (C=O) groups is 9. The zero-order valence-electron chi connectivity index (χ0n) is 53.5. The molecule has 3 aromatic rings. The van der Waals surface area contributed by atoms with E-state index in [1.54, 1.807) is 23.1 Å². The molecule has 0 spiro atoms. The average molecular weight is 1300 g/mol. The van der Waals surface area contributed by atoms with E-state index < -0.39 is 67.1 Å². The van der Waals surface area contributed by atoms with Gasteiger partial charge in [-0.25, -0.2) is 8.78 Å². The van der Waals surface area contributed by atoms with Crippen molar-refractivity contribution >= 4 is 65.3 Å². The van der Waals surface area contributed by atoms with Crippen LogP contribution in [-0.2, 0) is 59.0 Å². The Balaban J connectivity index is 0.904. The van der Waals surface area contributed by atoms with Crippen LogP contribution >= 0.6 is 0 Å². The van der Waals surface area contributed by atoms with Gasteiger partial charge in [-0.2, -0.15) is 0 Å². The fraction of sp³-hybridized carbons (Fsp3) is 0.606. The molecule has 3 fully saturated rings. The predicted molar refractivity (Wildman–Crippen MR) is 340 cm³/mol. The number of unbranched alkanes of at least 4 members (excludes halogenated alkanes) is 3. The molecule has 510 valence electrons. The first-order chi connectivity index (χ1) is 44.9. The number of aryl methyl sites for hydroxylation is 2. The number of benzene rings is 2. The third kappa shape index (κ3) is 27.3. The van der Waals surface area contributed by atoms with Crippen LogP contribution in [0.3, 0.4) is 0 Å². The van der Waals surface area contributed by atoms with E-state index >= 15 is 0 Å². The lowest BCUT2D eigenvalue weighted by molar-refractivity contribution is -0.139. The highest BCUT2D eigenvalue weighted by Gasteiger charge is 2.46. The van der Waals surface area contributed by atoms with Crippen LogP contribution in [0, 0.1) is 25.2 Å². The van der Waals surface area contributed by atoms with E-state index in [0.717, 1.165) is 43.4 Å². The maximum Gasteiger partial charge on any atom is 0.317 e. The molecule has 0 saturated carbocycles. The fourth-order valence-corrected chi connectivity index (χ4v) is 11.5. The van der Waals surface area contributed by atoms with Crippen LogP contribution in [-0.4, -0.2) is 250 Å².